The molecule has 1 atom stereocenters. The number of halogens is 2. The summed E-state index contributed by atoms with van der Waals surface area (Å²) in [5.41, 5.74) is 1.74. The van der Waals surface area contributed by atoms with Crippen molar-refractivity contribution < 1.29 is 19.1 Å². The number of amides is 1. The van der Waals surface area contributed by atoms with Gasteiger partial charge in [0.15, 0.2) is 6.04 Å². The number of piperazine rings is 1. The van der Waals surface area contributed by atoms with Crippen LogP contribution in [-0.2, 0) is 14.3 Å². The van der Waals surface area contributed by atoms with E-state index in [-0.39, 0.29) is 6.09 Å². The molecule has 9 heteroatoms. The molecular formula is C26H31Cl2N3O4. The molecule has 0 aliphatic carbocycles. The minimum Gasteiger partial charge on any atom is -0.467 e. The van der Waals surface area contributed by atoms with Gasteiger partial charge in [-0.25, -0.2) is 9.59 Å². The second-order valence-corrected chi connectivity index (χ2v) is 10.2. The van der Waals surface area contributed by atoms with Crippen LogP contribution in [0.25, 0.3) is 0 Å². The van der Waals surface area contributed by atoms with Crippen molar-refractivity contribution in [3.8, 4) is 0 Å². The van der Waals surface area contributed by atoms with Crippen LogP contribution in [0.3, 0.4) is 0 Å². The van der Waals surface area contributed by atoms with Crippen molar-refractivity contribution in [3.05, 3.63) is 69.7 Å². The molecule has 1 amide bonds. The van der Waals surface area contributed by atoms with Crippen LogP contribution in [-0.4, -0.2) is 79.1 Å². The lowest BCUT2D eigenvalue weighted by Crippen LogP contribution is -2.52. The molecule has 0 N–H and O–H groups in total. The molecule has 188 valence electrons. The van der Waals surface area contributed by atoms with Crippen molar-refractivity contribution in [2.45, 2.75) is 32.4 Å². The molecule has 1 aliphatic rings. The summed E-state index contributed by atoms with van der Waals surface area (Å²) in [5.74, 6) is -0.431. The number of carbonyl (C=O) groups is 2. The highest BCUT2D eigenvalue weighted by Crippen LogP contribution is 2.19. The first-order chi connectivity index (χ1) is 16.6. The summed E-state index contributed by atoms with van der Waals surface area (Å²) in [7, 11) is 1.36. The van der Waals surface area contributed by atoms with E-state index in [0.29, 0.717) is 48.5 Å². The summed E-state index contributed by atoms with van der Waals surface area (Å²) in [5, 5.41) is 1.22. The number of carbonyl (C=O) groups excluding carboxylic acids is 2. The molecule has 0 saturated carbocycles. The van der Waals surface area contributed by atoms with Crippen LogP contribution in [0, 0.1) is 0 Å². The van der Waals surface area contributed by atoms with E-state index in [1.165, 1.54) is 7.11 Å². The first-order valence-electron chi connectivity index (χ1n) is 11.4. The lowest BCUT2D eigenvalue weighted by molar-refractivity contribution is -0.142. The predicted octanol–water partition coefficient (Wildman–Crippen LogP) is 4.93. The minimum absolute atomic E-state index is 0.326. The molecule has 0 spiro atoms. The van der Waals surface area contributed by atoms with Crippen molar-refractivity contribution in [2.75, 3.05) is 39.8 Å². The van der Waals surface area contributed by atoms with E-state index in [1.54, 1.807) is 29.2 Å². The van der Waals surface area contributed by atoms with E-state index in [9.17, 15) is 9.59 Å². The van der Waals surface area contributed by atoms with Gasteiger partial charge in [0.2, 0.25) is 0 Å². The first-order valence-corrected chi connectivity index (χ1v) is 12.2. The standard InChI is InChI=1S/C26H31Cl2N3O4/c1-26(2,3)35-25(33)31-15-13-30(14-16-31)17-22(24(32)34-4)29-23(18-5-9-20(27)10-6-18)19-7-11-21(28)12-8-19/h5-12,22H,13-17H2,1-4H3. The van der Waals surface area contributed by atoms with E-state index in [2.05, 4.69) is 4.90 Å². The van der Waals surface area contributed by atoms with E-state index >= 15 is 0 Å². The largest absolute Gasteiger partial charge is 0.467 e. The highest BCUT2D eigenvalue weighted by molar-refractivity contribution is 6.31. The average molecular weight is 520 g/mol. The number of methoxy groups -OCH3 is 1. The fourth-order valence-electron chi connectivity index (χ4n) is 3.68. The van der Waals surface area contributed by atoms with Gasteiger partial charge in [-0.1, -0.05) is 47.5 Å². The smallest absolute Gasteiger partial charge is 0.410 e. The minimum atomic E-state index is -0.755. The van der Waals surface area contributed by atoms with Gasteiger partial charge in [0, 0.05) is 53.9 Å². The Morgan fingerprint density at radius 2 is 1.40 bits per heavy atom. The SMILES string of the molecule is COC(=O)C(CN1CCN(C(=O)OC(C)(C)C)CC1)N=C(c1ccc(Cl)cc1)c1ccc(Cl)cc1. The zero-order valence-corrected chi connectivity index (χ0v) is 22.0. The van der Waals surface area contributed by atoms with Gasteiger partial charge in [-0.3, -0.25) is 9.89 Å². The van der Waals surface area contributed by atoms with Gasteiger partial charge >= 0.3 is 12.1 Å². The Morgan fingerprint density at radius 3 is 1.83 bits per heavy atom. The van der Waals surface area contributed by atoms with Gasteiger partial charge in [0.25, 0.3) is 0 Å². The van der Waals surface area contributed by atoms with Gasteiger partial charge in [0.1, 0.15) is 5.60 Å². The number of esters is 1. The summed E-state index contributed by atoms with van der Waals surface area (Å²) >= 11 is 12.2. The molecule has 1 fully saturated rings. The van der Waals surface area contributed by atoms with Crippen LogP contribution in [0.5, 0.6) is 0 Å². The molecule has 1 aliphatic heterocycles. The summed E-state index contributed by atoms with van der Waals surface area (Å²) in [6.45, 7) is 8.11. The fourth-order valence-corrected chi connectivity index (χ4v) is 3.93. The van der Waals surface area contributed by atoms with Crippen LogP contribution in [0.1, 0.15) is 31.9 Å². The van der Waals surface area contributed by atoms with Crippen molar-refractivity contribution in [3.63, 3.8) is 0 Å². The van der Waals surface area contributed by atoms with Crippen LogP contribution in [0.4, 0.5) is 4.79 Å². The Bertz CT molecular complexity index is 994. The highest BCUT2D eigenvalue weighted by Gasteiger charge is 2.29. The maximum Gasteiger partial charge on any atom is 0.410 e. The zero-order chi connectivity index (χ0) is 25.6. The van der Waals surface area contributed by atoms with Gasteiger partial charge in [-0.05, 0) is 45.0 Å². The maximum atomic E-state index is 12.7. The van der Waals surface area contributed by atoms with Crippen molar-refractivity contribution in [2.24, 2.45) is 4.99 Å². The van der Waals surface area contributed by atoms with Crippen LogP contribution < -0.4 is 0 Å². The number of benzene rings is 2. The molecule has 0 bridgehead atoms. The second kappa shape index (κ2) is 11.9. The molecular weight excluding hydrogens is 489 g/mol. The summed E-state index contributed by atoms with van der Waals surface area (Å²) in [4.78, 5) is 33.8. The van der Waals surface area contributed by atoms with Gasteiger partial charge in [0.05, 0.1) is 12.8 Å². The molecule has 7 nitrogen and oxygen atoms in total. The van der Waals surface area contributed by atoms with E-state index in [4.69, 9.17) is 37.7 Å². The molecule has 2 aromatic rings. The number of rotatable bonds is 6. The lowest BCUT2D eigenvalue weighted by atomic mass is 10.0. The van der Waals surface area contributed by atoms with E-state index in [1.807, 2.05) is 45.0 Å². The molecule has 3 rings (SSSR count). The first kappa shape index (κ1) is 27.0. The molecule has 2 aromatic carbocycles. The van der Waals surface area contributed by atoms with E-state index < -0.39 is 17.6 Å². The Hall–Kier alpha value is -2.61. The van der Waals surface area contributed by atoms with Gasteiger partial charge in [-0.15, -0.1) is 0 Å². The second-order valence-electron chi connectivity index (χ2n) is 9.30. The van der Waals surface area contributed by atoms with Crippen LogP contribution in [0.2, 0.25) is 10.0 Å². The number of aliphatic imine (C=N–C) groups is 1. The maximum absolute atomic E-state index is 12.7. The number of hydrogen-bond acceptors (Lipinski definition) is 6. The van der Waals surface area contributed by atoms with Crippen molar-refractivity contribution in [1.82, 2.24) is 9.80 Å². The third kappa shape index (κ3) is 7.95. The van der Waals surface area contributed by atoms with Gasteiger partial charge < -0.3 is 14.4 Å². The Kier molecular flexibility index (Phi) is 9.16. The third-order valence-corrected chi connectivity index (χ3v) is 5.95. The molecule has 1 heterocycles. The van der Waals surface area contributed by atoms with Crippen molar-refractivity contribution >= 4 is 41.0 Å². The van der Waals surface area contributed by atoms with Crippen molar-refractivity contribution in [1.29, 1.82) is 0 Å². The number of hydrogen-bond donors (Lipinski definition) is 0. The Morgan fingerprint density at radius 1 is 0.914 bits per heavy atom. The highest BCUT2D eigenvalue weighted by atomic mass is 35.5. The van der Waals surface area contributed by atoms with Crippen LogP contribution >= 0.6 is 23.2 Å². The molecule has 0 radical (unpaired) electrons. The monoisotopic (exact) mass is 519 g/mol. The Balaban J connectivity index is 1.81. The molecule has 1 saturated heterocycles. The number of nitrogens with zero attached hydrogens (tertiary/aromatic N) is 3. The molecule has 1 unspecified atom stereocenters. The average Bonchev–Trinajstić information content (AvgIpc) is 2.82. The predicted molar refractivity (Wildman–Crippen MR) is 139 cm³/mol. The fraction of sp³-hybridized carbons (Fsp3) is 0.423. The third-order valence-electron chi connectivity index (χ3n) is 5.45. The summed E-state index contributed by atoms with van der Waals surface area (Å²) in [6.07, 6.45) is -0.326. The van der Waals surface area contributed by atoms with E-state index in [0.717, 1.165) is 11.1 Å². The molecule has 0 aromatic heterocycles. The molecule has 35 heavy (non-hydrogen) atoms. The van der Waals surface area contributed by atoms with Gasteiger partial charge in [-0.2, -0.15) is 0 Å². The number of ether oxygens (including phenoxy) is 2. The zero-order valence-electron chi connectivity index (χ0n) is 20.5. The quantitative estimate of drug-likeness (QED) is 0.399. The lowest BCUT2D eigenvalue weighted by Gasteiger charge is -2.36. The topological polar surface area (TPSA) is 71.4 Å². The van der Waals surface area contributed by atoms with Crippen LogP contribution in [0.15, 0.2) is 53.5 Å². The summed E-state index contributed by atoms with van der Waals surface area (Å²) < 4.78 is 10.5. The summed E-state index contributed by atoms with van der Waals surface area (Å²) in [6, 6.07) is 13.8. The Labute approximate surface area is 216 Å². The normalized spacial score (nSPS) is 15.3.